The Morgan fingerprint density at radius 3 is 1.31 bits per heavy atom. The molecule has 1 heterocycles. The summed E-state index contributed by atoms with van der Waals surface area (Å²) in [6.45, 7) is 27.3. The van der Waals surface area contributed by atoms with E-state index in [9.17, 15) is 48.6 Å². The highest BCUT2D eigenvalue weighted by molar-refractivity contribution is 6.00. The van der Waals surface area contributed by atoms with Crippen LogP contribution in [0, 0.1) is 41.4 Å². The molecule has 1 aliphatic heterocycles. The molecule has 0 spiro atoms. The van der Waals surface area contributed by atoms with Crippen molar-refractivity contribution in [1.82, 2.24) is 55.6 Å². The van der Waals surface area contributed by atoms with Crippen LogP contribution in [-0.4, -0.2) is 238 Å². The summed E-state index contributed by atoms with van der Waals surface area (Å²) < 4.78 is 0. The van der Waals surface area contributed by atoms with Gasteiger partial charge in [0, 0.05) is 55.8 Å². The van der Waals surface area contributed by atoms with Crippen molar-refractivity contribution in [2.24, 2.45) is 41.4 Å². The molecule has 0 radical (unpaired) electrons. The molecule has 93 heavy (non-hydrogen) atoms. The van der Waals surface area contributed by atoms with E-state index in [2.05, 4.69) is 21.3 Å². The molecule has 0 unspecified atom stereocenters. The van der Waals surface area contributed by atoms with E-state index in [4.69, 9.17) is 0 Å². The number of carbonyl (C=O) groups excluding carboxylic acids is 11. The second-order valence-electron chi connectivity index (χ2n) is 28.0. The Morgan fingerprint density at radius 1 is 0.452 bits per heavy atom. The van der Waals surface area contributed by atoms with E-state index in [0.29, 0.717) is 12.0 Å². The summed E-state index contributed by atoms with van der Waals surface area (Å²) in [6, 6.07) is -5.96. The number of rotatable bonds is 18. The Morgan fingerprint density at radius 2 is 0.860 bits per heavy atom. The number of carbonyl (C=O) groups is 11. The van der Waals surface area contributed by atoms with Gasteiger partial charge < -0.3 is 65.8 Å². The molecule has 526 valence electrons. The first-order valence-corrected chi connectivity index (χ1v) is 33.3. The smallest absolute Gasteiger partial charge is 0.247 e. The Hall–Kier alpha value is -6.95. The molecule has 24 heteroatoms. The summed E-state index contributed by atoms with van der Waals surface area (Å²) >= 11 is 0. The minimum atomic E-state index is -1.66. The number of hydrogen-bond acceptors (Lipinski definition) is 13. The molecule has 0 aliphatic carbocycles. The summed E-state index contributed by atoms with van der Waals surface area (Å²) in [5.41, 5.74) is 0.614. The summed E-state index contributed by atoms with van der Waals surface area (Å²) in [5, 5.41) is 34.3. The van der Waals surface area contributed by atoms with Crippen molar-refractivity contribution in [3.63, 3.8) is 0 Å². The third kappa shape index (κ3) is 22.6. The van der Waals surface area contributed by atoms with Gasteiger partial charge in [-0.25, -0.2) is 0 Å². The van der Waals surface area contributed by atoms with Crippen LogP contribution in [-0.2, 0) is 59.2 Å². The topological polar surface area (TPSA) is 299 Å². The summed E-state index contributed by atoms with van der Waals surface area (Å²) in [6.07, 6.45) is 2.62. The highest BCUT2D eigenvalue weighted by Crippen LogP contribution is 2.26. The van der Waals surface area contributed by atoms with Crippen molar-refractivity contribution in [2.75, 3.05) is 55.9 Å². The van der Waals surface area contributed by atoms with Crippen LogP contribution in [0.15, 0.2) is 42.5 Å². The van der Waals surface area contributed by atoms with Crippen molar-refractivity contribution in [1.29, 1.82) is 0 Å². The highest BCUT2D eigenvalue weighted by atomic mass is 16.3. The highest BCUT2D eigenvalue weighted by Gasteiger charge is 2.46. The molecule has 13 atom stereocenters. The third-order valence-electron chi connectivity index (χ3n) is 17.8. The fourth-order valence-electron chi connectivity index (χ4n) is 11.8. The lowest BCUT2D eigenvalue weighted by Crippen LogP contribution is -2.64. The lowest BCUT2D eigenvalue weighted by atomic mass is 9.91. The average molecular weight is 1310 g/mol. The maximum Gasteiger partial charge on any atom is 0.247 e. The Bertz CT molecular complexity index is 2700. The maximum atomic E-state index is 15.3. The Kier molecular flexibility index (Phi) is 33.4. The van der Waals surface area contributed by atoms with E-state index in [-0.39, 0.29) is 62.2 Å². The lowest BCUT2D eigenvalue weighted by molar-refractivity contribution is -0.157. The van der Waals surface area contributed by atoms with Gasteiger partial charge in [0.25, 0.3) is 0 Å². The predicted molar refractivity (Wildman–Crippen MR) is 359 cm³/mol. The van der Waals surface area contributed by atoms with Crippen molar-refractivity contribution < 1.29 is 63.0 Å². The number of nitrogens with zero attached hydrogens (tertiary/aromatic N) is 7. The minimum absolute atomic E-state index is 0.00000755. The molecule has 1 saturated heterocycles. The molecule has 1 aliphatic rings. The van der Waals surface area contributed by atoms with Gasteiger partial charge in [0.05, 0.1) is 12.7 Å². The number of allylic oxidation sites excluding steroid dienone is 2. The molecular weight excluding hydrogens is 1190 g/mol. The average Bonchev–Trinajstić information content (AvgIpc) is 0.844. The van der Waals surface area contributed by atoms with Gasteiger partial charge in [-0.3, -0.25) is 52.7 Å². The zero-order valence-electron chi connectivity index (χ0n) is 60.2. The summed E-state index contributed by atoms with van der Waals surface area (Å²) in [7, 11) is 9.78. The fraction of sp³-hybridized carbons (Fsp3) is 0.725. The molecular formula is C69H117N11O13. The number of aliphatic hydroxyl groups excluding tert-OH is 2. The molecule has 0 aromatic heterocycles. The zero-order valence-corrected chi connectivity index (χ0v) is 60.2. The lowest BCUT2D eigenvalue weighted by Gasteiger charge is -2.41. The normalized spacial score (nSPS) is 26.4. The van der Waals surface area contributed by atoms with Gasteiger partial charge in [-0.05, 0) is 99.4 Å². The van der Waals surface area contributed by atoms with Crippen LogP contribution < -0.4 is 21.3 Å². The second kappa shape index (κ2) is 37.8. The zero-order chi connectivity index (χ0) is 71.4. The van der Waals surface area contributed by atoms with Gasteiger partial charge in [-0.1, -0.05) is 139 Å². The van der Waals surface area contributed by atoms with Crippen LogP contribution in [0.25, 0.3) is 0 Å². The van der Waals surface area contributed by atoms with Crippen LogP contribution in [0.4, 0.5) is 0 Å². The van der Waals surface area contributed by atoms with Crippen LogP contribution in [0.5, 0.6) is 0 Å². The summed E-state index contributed by atoms with van der Waals surface area (Å²) in [5.74, 6) is -10.7. The van der Waals surface area contributed by atoms with Crippen molar-refractivity contribution in [3.05, 3.63) is 48.0 Å². The van der Waals surface area contributed by atoms with E-state index in [1.165, 1.54) is 75.9 Å². The number of benzene rings is 1. The first-order chi connectivity index (χ1) is 43.2. The molecule has 1 aromatic carbocycles. The largest absolute Gasteiger partial charge is 0.394 e. The molecule has 24 nitrogen and oxygen atoms in total. The standard InChI is InChI=1S/C69H117N11O13/c1-24-26-30-45(15)58(82)57-62(86)70-48(25-2)64(88)74(17)46(16)63(87)75(18)52(34-40(5)6)61(85)73-55(43(11)12)68(92)76(19)51(33-39(3)4)60(84)71-49(37-47-31-28-27-29-32-47)59(83)72-50(38-81)65(89)77(20)53(35-41(7)8)66(90)78(21)54(36-42(9)10)67(91)79(22)56(44(13)14)69(93)80(57)23/h24,26-29,31-32,39-46,48-58,81-82H,25,30,33-38H2,1-23H3,(H,70,86)(H,71,84)(H,72,83)(H,73,85)/b26-24+/t45-,46-,48+,49+,50-,51+,52+,53+,54+,55+,56+,57+,58-/m1/s1. The van der Waals surface area contributed by atoms with E-state index in [1.807, 2.05) is 55.4 Å². The number of nitrogens with one attached hydrogen (secondary N) is 4. The van der Waals surface area contributed by atoms with Gasteiger partial charge in [0.1, 0.15) is 66.5 Å². The van der Waals surface area contributed by atoms with Crippen LogP contribution in [0.1, 0.15) is 155 Å². The van der Waals surface area contributed by atoms with E-state index in [1.54, 1.807) is 91.0 Å². The second-order valence-corrected chi connectivity index (χ2v) is 28.0. The van der Waals surface area contributed by atoms with E-state index < -0.39 is 162 Å². The van der Waals surface area contributed by atoms with E-state index in [0.717, 1.165) is 14.7 Å². The van der Waals surface area contributed by atoms with Gasteiger partial charge >= 0.3 is 0 Å². The number of amides is 11. The van der Waals surface area contributed by atoms with Crippen molar-refractivity contribution in [3.8, 4) is 0 Å². The van der Waals surface area contributed by atoms with E-state index >= 15 is 14.4 Å². The van der Waals surface area contributed by atoms with Gasteiger partial charge in [-0.15, -0.1) is 0 Å². The van der Waals surface area contributed by atoms with Crippen molar-refractivity contribution in [2.45, 2.75) is 228 Å². The van der Waals surface area contributed by atoms with Crippen LogP contribution >= 0.6 is 0 Å². The van der Waals surface area contributed by atoms with Gasteiger partial charge in [0.2, 0.25) is 65.0 Å². The fourth-order valence-corrected chi connectivity index (χ4v) is 11.8. The van der Waals surface area contributed by atoms with Crippen molar-refractivity contribution >= 4 is 65.0 Å². The van der Waals surface area contributed by atoms with Crippen LogP contribution in [0.2, 0.25) is 0 Å². The molecule has 1 aromatic rings. The molecule has 11 amide bonds. The number of likely N-dealkylation sites (N-methyl/N-ethyl adjacent to an activating group) is 7. The monoisotopic (exact) mass is 1310 g/mol. The first-order valence-electron chi connectivity index (χ1n) is 33.3. The minimum Gasteiger partial charge on any atom is -0.394 e. The molecule has 2 rings (SSSR count). The number of hydrogen-bond donors (Lipinski definition) is 6. The maximum absolute atomic E-state index is 15.3. The Balaban J connectivity index is 3.12. The first kappa shape index (κ1) is 82.1. The quantitative estimate of drug-likeness (QED) is 0.114. The Labute approximate surface area is 555 Å². The van der Waals surface area contributed by atoms with Gasteiger partial charge in [-0.2, -0.15) is 0 Å². The third-order valence-corrected chi connectivity index (χ3v) is 17.8. The van der Waals surface area contributed by atoms with Crippen LogP contribution in [0.3, 0.4) is 0 Å². The molecule has 1 fully saturated rings. The molecule has 6 N–H and O–H groups in total. The SMILES string of the molecule is C/C=C/C[C@@H](C)[C@@H](O)[C@H]1C(=O)N[C@@H](CC)C(=O)N(C)[C@H](C)C(=O)N(C)[C@@H](CC(C)C)C(=O)N[C@@H](C(C)C)C(=O)N(C)[C@@H](CC(C)C)C(=O)N[C@@H](Cc2ccccc2)C(=O)N[C@H](CO)C(=O)N(C)[C@@H](CC(C)C)C(=O)N(C)[C@@H](CC(C)C)C(=O)N(C)[C@@H](C(C)C)C(=O)N1C. The summed E-state index contributed by atoms with van der Waals surface area (Å²) in [4.78, 5) is 172. The van der Waals surface area contributed by atoms with Gasteiger partial charge in [0.15, 0.2) is 0 Å². The number of aliphatic hydroxyl groups is 2. The molecule has 0 bridgehead atoms. The molecule has 0 saturated carbocycles. The predicted octanol–water partition coefficient (Wildman–Crippen LogP) is 3.85.